The largest absolute Gasteiger partial charge is 0.478 e. The van der Waals surface area contributed by atoms with E-state index in [1.165, 1.54) is 12.1 Å². The lowest BCUT2D eigenvalue weighted by Gasteiger charge is -2.19. The molecule has 0 bridgehead atoms. The summed E-state index contributed by atoms with van der Waals surface area (Å²) in [5.41, 5.74) is 0.693. The number of benzene rings is 2. The van der Waals surface area contributed by atoms with Gasteiger partial charge in [-0.1, -0.05) is 30.3 Å². The molecule has 0 saturated carbocycles. The molecule has 2 atom stereocenters. The topological polar surface area (TPSA) is 75.6 Å². The minimum atomic E-state index is -1.24. The number of ether oxygens (including phenoxy) is 1. The Morgan fingerprint density at radius 2 is 1.96 bits per heavy atom. The Labute approximate surface area is 144 Å². The number of carbonyl (C=O) groups is 2. The molecule has 5 nitrogen and oxygen atoms in total. The highest BCUT2D eigenvalue weighted by atomic mass is 19.1. The Morgan fingerprint density at radius 1 is 1.20 bits per heavy atom. The Hall–Kier alpha value is -2.73. The number of carboxylic acids is 1. The minimum Gasteiger partial charge on any atom is -0.478 e. The fraction of sp³-hybridized carbons (Fsp3) is 0.263. The SMILES string of the molecule is O=C(O)c1ccc(C(=O)NC[C@@H]2CCO[C@H]2c2ccccc2)c(F)c1. The van der Waals surface area contributed by atoms with Crippen molar-refractivity contribution in [3.63, 3.8) is 0 Å². The third-order valence-corrected chi connectivity index (χ3v) is 4.33. The first-order valence-corrected chi connectivity index (χ1v) is 8.04. The zero-order valence-electron chi connectivity index (χ0n) is 13.4. The number of hydrogen-bond donors (Lipinski definition) is 2. The van der Waals surface area contributed by atoms with E-state index in [-0.39, 0.29) is 23.1 Å². The van der Waals surface area contributed by atoms with Crippen LogP contribution < -0.4 is 5.32 Å². The average Bonchev–Trinajstić information content (AvgIpc) is 3.09. The van der Waals surface area contributed by atoms with Gasteiger partial charge in [0.15, 0.2) is 0 Å². The van der Waals surface area contributed by atoms with E-state index in [0.717, 1.165) is 18.1 Å². The molecule has 1 aliphatic heterocycles. The molecule has 25 heavy (non-hydrogen) atoms. The lowest BCUT2D eigenvalue weighted by Crippen LogP contribution is -2.31. The summed E-state index contributed by atoms with van der Waals surface area (Å²) in [7, 11) is 0. The molecule has 1 amide bonds. The fourth-order valence-electron chi connectivity index (χ4n) is 3.01. The summed E-state index contributed by atoms with van der Waals surface area (Å²) in [6, 6.07) is 13.0. The van der Waals surface area contributed by atoms with Crippen LogP contribution in [0, 0.1) is 11.7 Å². The van der Waals surface area contributed by atoms with Gasteiger partial charge < -0.3 is 15.2 Å². The highest BCUT2D eigenvalue weighted by Gasteiger charge is 2.30. The van der Waals surface area contributed by atoms with E-state index in [1.807, 2.05) is 30.3 Å². The van der Waals surface area contributed by atoms with Gasteiger partial charge in [0, 0.05) is 19.1 Å². The Bertz CT molecular complexity index is 778. The van der Waals surface area contributed by atoms with E-state index in [4.69, 9.17) is 9.84 Å². The van der Waals surface area contributed by atoms with Crippen molar-refractivity contribution in [1.82, 2.24) is 5.32 Å². The number of halogens is 1. The molecule has 0 unspecified atom stereocenters. The maximum atomic E-state index is 14.0. The van der Waals surface area contributed by atoms with Gasteiger partial charge in [0.2, 0.25) is 0 Å². The molecule has 1 saturated heterocycles. The maximum Gasteiger partial charge on any atom is 0.335 e. The number of carbonyl (C=O) groups excluding carboxylic acids is 1. The quantitative estimate of drug-likeness (QED) is 0.875. The first-order chi connectivity index (χ1) is 12.1. The summed E-state index contributed by atoms with van der Waals surface area (Å²) in [6.45, 7) is 0.973. The van der Waals surface area contributed by atoms with Crippen molar-refractivity contribution in [2.45, 2.75) is 12.5 Å². The van der Waals surface area contributed by atoms with E-state index < -0.39 is 17.7 Å². The molecule has 0 aliphatic carbocycles. The molecule has 2 aromatic rings. The molecular weight excluding hydrogens is 325 g/mol. The Morgan fingerprint density at radius 3 is 2.64 bits per heavy atom. The van der Waals surface area contributed by atoms with Gasteiger partial charge in [-0.3, -0.25) is 4.79 Å². The van der Waals surface area contributed by atoms with Crippen LogP contribution in [0.1, 0.15) is 38.8 Å². The lowest BCUT2D eigenvalue weighted by molar-refractivity contribution is 0.0695. The van der Waals surface area contributed by atoms with Gasteiger partial charge in [0.25, 0.3) is 5.91 Å². The zero-order valence-corrected chi connectivity index (χ0v) is 13.4. The van der Waals surface area contributed by atoms with E-state index in [0.29, 0.717) is 13.2 Å². The van der Waals surface area contributed by atoms with Crippen molar-refractivity contribution in [3.8, 4) is 0 Å². The molecule has 2 N–H and O–H groups in total. The second-order valence-corrected chi connectivity index (χ2v) is 5.96. The lowest BCUT2D eigenvalue weighted by atomic mass is 9.95. The normalized spacial score (nSPS) is 19.6. The fourth-order valence-corrected chi connectivity index (χ4v) is 3.01. The molecule has 0 radical (unpaired) electrons. The van der Waals surface area contributed by atoms with Crippen LogP contribution in [0.3, 0.4) is 0 Å². The smallest absolute Gasteiger partial charge is 0.335 e. The number of aromatic carboxylic acids is 1. The molecular formula is C19H18FNO4. The van der Waals surface area contributed by atoms with Gasteiger partial charge in [-0.05, 0) is 30.2 Å². The highest BCUT2D eigenvalue weighted by molar-refractivity contribution is 5.96. The average molecular weight is 343 g/mol. The van der Waals surface area contributed by atoms with E-state index >= 15 is 0 Å². The van der Waals surface area contributed by atoms with Crippen LogP contribution in [0.15, 0.2) is 48.5 Å². The van der Waals surface area contributed by atoms with Crippen LogP contribution in [0.5, 0.6) is 0 Å². The predicted molar refractivity (Wildman–Crippen MR) is 88.9 cm³/mol. The molecule has 1 heterocycles. The number of amides is 1. The first kappa shape index (κ1) is 17.1. The molecule has 1 fully saturated rings. The van der Waals surface area contributed by atoms with Crippen molar-refractivity contribution >= 4 is 11.9 Å². The Kier molecular flexibility index (Phi) is 5.09. The number of rotatable bonds is 5. The van der Waals surface area contributed by atoms with Crippen LogP contribution in [0.25, 0.3) is 0 Å². The molecule has 1 aliphatic rings. The molecule has 2 aromatic carbocycles. The summed E-state index contributed by atoms with van der Waals surface area (Å²) in [4.78, 5) is 23.0. The second kappa shape index (κ2) is 7.44. The van der Waals surface area contributed by atoms with Gasteiger partial charge in [0.05, 0.1) is 17.2 Å². The number of carboxylic acid groups (broad SMARTS) is 1. The first-order valence-electron chi connectivity index (χ1n) is 8.04. The monoisotopic (exact) mass is 343 g/mol. The summed E-state index contributed by atoms with van der Waals surface area (Å²) < 4.78 is 19.7. The van der Waals surface area contributed by atoms with Crippen LogP contribution >= 0.6 is 0 Å². The maximum absolute atomic E-state index is 14.0. The number of hydrogen-bond acceptors (Lipinski definition) is 3. The molecule has 0 spiro atoms. The van der Waals surface area contributed by atoms with Gasteiger partial charge in [-0.25, -0.2) is 9.18 Å². The van der Waals surface area contributed by atoms with Crippen LogP contribution in [0.2, 0.25) is 0 Å². The summed E-state index contributed by atoms with van der Waals surface area (Å²) >= 11 is 0. The van der Waals surface area contributed by atoms with Crippen LogP contribution in [-0.4, -0.2) is 30.1 Å². The standard InChI is InChI=1S/C19H18FNO4/c20-16-10-13(19(23)24)6-7-15(16)18(22)21-11-14-8-9-25-17(14)12-4-2-1-3-5-12/h1-7,10,14,17H,8-9,11H2,(H,21,22)(H,23,24)/t14-,17-/m0/s1. The molecule has 0 aromatic heterocycles. The van der Waals surface area contributed by atoms with Gasteiger partial charge >= 0.3 is 5.97 Å². The predicted octanol–water partition coefficient (Wildman–Crippen LogP) is 3.03. The highest BCUT2D eigenvalue weighted by Crippen LogP contribution is 2.33. The van der Waals surface area contributed by atoms with Crippen LogP contribution in [0.4, 0.5) is 4.39 Å². The van der Waals surface area contributed by atoms with E-state index in [1.54, 1.807) is 0 Å². The molecule has 3 rings (SSSR count). The van der Waals surface area contributed by atoms with Gasteiger partial charge in [-0.2, -0.15) is 0 Å². The van der Waals surface area contributed by atoms with Crippen molar-refractivity contribution in [2.24, 2.45) is 5.92 Å². The van der Waals surface area contributed by atoms with Crippen molar-refractivity contribution < 1.29 is 23.8 Å². The van der Waals surface area contributed by atoms with Gasteiger partial charge in [0.1, 0.15) is 5.82 Å². The summed E-state index contributed by atoms with van der Waals surface area (Å²) in [5.74, 6) is -2.54. The van der Waals surface area contributed by atoms with Crippen LogP contribution in [-0.2, 0) is 4.74 Å². The minimum absolute atomic E-state index is 0.0965. The molecule has 6 heteroatoms. The third-order valence-electron chi connectivity index (χ3n) is 4.33. The van der Waals surface area contributed by atoms with E-state index in [2.05, 4.69) is 5.32 Å². The molecule has 130 valence electrons. The van der Waals surface area contributed by atoms with Crippen molar-refractivity contribution in [1.29, 1.82) is 0 Å². The Balaban J connectivity index is 1.65. The second-order valence-electron chi connectivity index (χ2n) is 5.96. The summed E-state index contributed by atoms with van der Waals surface area (Å²) in [6.07, 6.45) is 0.709. The van der Waals surface area contributed by atoms with E-state index in [9.17, 15) is 14.0 Å². The van der Waals surface area contributed by atoms with Gasteiger partial charge in [-0.15, -0.1) is 0 Å². The zero-order chi connectivity index (χ0) is 17.8. The third kappa shape index (κ3) is 3.85. The van der Waals surface area contributed by atoms with Crippen molar-refractivity contribution in [3.05, 3.63) is 71.0 Å². The number of nitrogens with one attached hydrogen (secondary N) is 1. The van der Waals surface area contributed by atoms with Crippen molar-refractivity contribution in [2.75, 3.05) is 13.2 Å². The summed E-state index contributed by atoms with van der Waals surface area (Å²) in [5, 5.41) is 11.6.